The smallest absolute Gasteiger partial charge is 0.239 e. The van der Waals surface area contributed by atoms with E-state index in [4.69, 9.17) is 0 Å². The maximum atomic E-state index is 12.3. The molecule has 0 spiro atoms. The lowest BCUT2D eigenvalue weighted by Crippen LogP contribution is -2.45. The molecule has 114 valence electrons. The van der Waals surface area contributed by atoms with Crippen LogP contribution in [0.5, 0.6) is 0 Å². The van der Waals surface area contributed by atoms with Crippen LogP contribution in [0, 0.1) is 5.41 Å². The van der Waals surface area contributed by atoms with Crippen molar-refractivity contribution in [1.29, 1.82) is 0 Å². The van der Waals surface area contributed by atoms with Crippen molar-refractivity contribution in [3.8, 4) is 0 Å². The fraction of sp³-hybridized carbons (Fsp3) is 0.500. The first-order valence-corrected chi connectivity index (χ1v) is 7.20. The van der Waals surface area contributed by atoms with Crippen molar-refractivity contribution in [2.45, 2.75) is 32.7 Å². The summed E-state index contributed by atoms with van der Waals surface area (Å²) in [6.07, 6.45) is 2.02. The number of nitrogens with one attached hydrogen (secondary N) is 2. The summed E-state index contributed by atoms with van der Waals surface area (Å²) in [5, 5.41) is 5.68. The first-order chi connectivity index (χ1) is 9.80. The molecule has 2 amide bonds. The van der Waals surface area contributed by atoms with Gasteiger partial charge in [0.2, 0.25) is 11.8 Å². The molecule has 0 aliphatic heterocycles. The monoisotopic (exact) mass is 289 g/mol. The van der Waals surface area contributed by atoms with E-state index in [0.29, 0.717) is 5.69 Å². The molecule has 5 heteroatoms. The highest BCUT2D eigenvalue weighted by Crippen LogP contribution is 2.24. The van der Waals surface area contributed by atoms with E-state index in [2.05, 4.69) is 10.6 Å². The summed E-state index contributed by atoms with van der Waals surface area (Å²) in [6, 6.07) is 7.77. The van der Waals surface area contributed by atoms with Crippen molar-refractivity contribution < 1.29 is 9.59 Å². The normalized spacial score (nSPS) is 14.5. The van der Waals surface area contributed by atoms with Crippen molar-refractivity contribution in [3.05, 3.63) is 24.3 Å². The second-order valence-electron chi connectivity index (χ2n) is 6.27. The van der Waals surface area contributed by atoms with Gasteiger partial charge >= 0.3 is 0 Å². The van der Waals surface area contributed by atoms with Gasteiger partial charge in [-0.2, -0.15) is 0 Å². The first-order valence-electron chi connectivity index (χ1n) is 7.20. The molecule has 5 nitrogen and oxygen atoms in total. The fourth-order valence-corrected chi connectivity index (χ4v) is 1.83. The van der Waals surface area contributed by atoms with Gasteiger partial charge in [0, 0.05) is 31.5 Å². The second kappa shape index (κ2) is 5.76. The van der Waals surface area contributed by atoms with E-state index in [9.17, 15) is 9.59 Å². The van der Waals surface area contributed by atoms with Crippen LogP contribution in [0.3, 0.4) is 0 Å². The highest BCUT2D eigenvalue weighted by Gasteiger charge is 2.38. The maximum Gasteiger partial charge on any atom is 0.239 e. The molecule has 2 N–H and O–H groups in total. The van der Waals surface area contributed by atoms with Crippen LogP contribution in [0.2, 0.25) is 0 Å². The second-order valence-corrected chi connectivity index (χ2v) is 6.27. The maximum absolute atomic E-state index is 12.3. The number of anilines is 2. The van der Waals surface area contributed by atoms with Crippen LogP contribution >= 0.6 is 0 Å². The zero-order valence-corrected chi connectivity index (χ0v) is 13.1. The Morgan fingerprint density at radius 1 is 1.10 bits per heavy atom. The van der Waals surface area contributed by atoms with Crippen LogP contribution < -0.4 is 15.5 Å². The van der Waals surface area contributed by atoms with E-state index in [1.165, 1.54) is 0 Å². The van der Waals surface area contributed by atoms with Crippen molar-refractivity contribution in [3.63, 3.8) is 0 Å². The molecule has 1 fully saturated rings. The predicted molar refractivity (Wildman–Crippen MR) is 84.3 cm³/mol. The van der Waals surface area contributed by atoms with E-state index in [1.807, 2.05) is 43.3 Å². The largest absolute Gasteiger partial charge is 0.378 e. The van der Waals surface area contributed by atoms with Crippen molar-refractivity contribution in [2.24, 2.45) is 5.41 Å². The zero-order valence-electron chi connectivity index (χ0n) is 13.1. The molecule has 1 aliphatic carbocycles. The minimum Gasteiger partial charge on any atom is -0.378 e. The molecule has 1 aliphatic rings. The molecule has 0 aromatic heterocycles. The summed E-state index contributed by atoms with van der Waals surface area (Å²) in [4.78, 5) is 26.4. The summed E-state index contributed by atoms with van der Waals surface area (Å²) < 4.78 is 0. The van der Waals surface area contributed by atoms with E-state index in [-0.39, 0.29) is 17.9 Å². The van der Waals surface area contributed by atoms with Gasteiger partial charge in [-0.3, -0.25) is 9.59 Å². The van der Waals surface area contributed by atoms with E-state index >= 15 is 0 Å². The Hall–Kier alpha value is -2.04. The van der Waals surface area contributed by atoms with Crippen LogP contribution in [0.4, 0.5) is 11.4 Å². The van der Waals surface area contributed by atoms with Crippen LogP contribution in [-0.4, -0.2) is 32.0 Å². The quantitative estimate of drug-likeness (QED) is 0.815. The minimum absolute atomic E-state index is 0.215. The number of rotatable bonds is 5. The molecule has 1 saturated carbocycles. The Morgan fingerprint density at radius 3 is 2.14 bits per heavy atom. The Kier molecular flexibility index (Phi) is 4.21. The van der Waals surface area contributed by atoms with Gasteiger partial charge < -0.3 is 15.5 Å². The summed E-state index contributed by atoms with van der Waals surface area (Å²) in [6.45, 7) is 3.29. The van der Waals surface area contributed by atoms with E-state index in [0.717, 1.165) is 18.5 Å². The molecule has 21 heavy (non-hydrogen) atoms. The van der Waals surface area contributed by atoms with Gasteiger partial charge in [0.05, 0.1) is 0 Å². The van der Waals surface area contributed by atoms with Gasteiger partial charge in [-0.15, -0.1) is 0 Å². The number of benzene rings is 1. The standard InChI is InChI=1S/C16H23N3O2/c1-16(2,14(20)17-11-5-6-11)15(21)18-12-7-9-13(10-8-12)19(3)4/h7-11H,5-6H2,1-4H3,(H,17,20)(H,18,21). The molecule has 0 bridgehead atoms. The summed E-state index contributed by atoms with van der Waals surface area (Å²) in [5.74, 6) is -0.509. The molecule has 2 rings (SSSR count). The van der Waals surface area contributed by atoms with Crippen molar-refractivity contribution in [2.75, 3.05) is 24.3 Å². The van der Waals surface area contributed by atoms with E-state index in [1.54, 1.807) is 13.8 Å². The number of hydrogen-bond donors (Lipinski definition) is 2. The lowest BCUT2D eigenvalue weighted by atomic mass is 9.91. The third kappa shape index (κ3) is 3.74. The number of amides is 2. The molecule has 0 saturated heterocycles. The Labute approximate surface area is 125 Å². The zero-order chi connectivity index (χ0) is 15.6. The van der Waals surface area contributed by atoms with Gasteiger partial charge in [-0.25, -0.2) is 0 Å². The summed E-state index contributed by atoms with van der Waals surface area (Å²) in [7, 11) is 3.91. The van der Waals surface area contributed by atoms with Crippen LogP contribution in [0.1, 0.15) is 26.7 Å². The molecular weight excluding hydrogens is 266 g/mol. The van der Waals surface area contributed by atoms with Gasteiger partial charge in [-0.05, 0) is 51.0 Å². The predicted octanol–water partition coefficient (Wildman–Crippen LogP) is 2.00. The number of carbonyl (C=O) groups excluding carboxylic acids is 2. The molecule has 1 aromatic carbocycles. The van der Waals surface area contributed by atoms with Gasteiger partial charge in [0.25, 0.3) is 0 Å². The highest BCUT2D eigenvalue weighted by molar-refractivity contribution is 6.10. The number of hydrogen-bond acceptors (Lipinski definition) is 3. The fourth-order valence-electron chi connectivity index (χ4n) is 1.83. The third-order valence-corrected chi connectivity index (χ3v) is 3.69. The summed E-state index contributed by atoms with van der Waals surface area (Å²) >= 11 is 0. The summed E-state index contributed by atoms with van der Waals surface area (Å²) in [5.41, 5.74) is 0.666. The topological polar surface area (TPSA) is 61.4 Å². The highest BCUT2D eigenvalue weighted by atomic mass is 16.2. The lowest BCUT2D eigenvalue weighted by Gasteiger charge is -2.23. The Balaban J connectivity index is 2.00. The van der Waals surface area contributed by atoms with Crippen molar-refractivity contribution in [1.82, 2.24) is 5.32 Å². The molecule has 0 heterocycles. The molecule has 1 aromatic rings. The number of carbonyl (C=O) groups is 2. The minimum atomic E-state index is -1.08. The lowest BCUT2D eigenvalue weighted by molar-refractivity contribution is -0.138. The molecule has 0 atom stereocenters. The average Bonchev–Trinajstić information content (AvgIpc) is 3.23. The van der Waals surface area contributed by atoms with Crippen LogP contribution in [0.25, 0.3) is 0 Å². The number of nitrogens with zero attached hydrogens (tertiary/aromatic N) is 1. The Bertz CT molecular complexity index is 531. The molecular formula is C16H23N3O2. The van der Waals surface area contributed by atoms with Crippen molar-refractivity contribution >= 4 is 23.2 Å². The first kappa shape index (κ1) is 15.4. The van der Waals surface area contributed by atoms with Crippen LogP contribution in [-0.2, 0) is 9.59 Å². The molecule has 0 radical (unpaired) electrons. The molecule has 0 unspecified atom stereocenters. The average molecular weight is 289 g/mol. The SMILES string of the molecule is CN(C)c1ccc(NC(=O)C(C)(C)C(=O)NC2CC2)cc1. The van der Waals surface area contributed by atoms with Gasteiger partial charge in [0.1, 0.15) is 5.41 Å². The third-order valence-electron chi connectivity index (χ3n) is 3.69. The Morgan fingerprint density at radius 2 is 1.67 bits per heavy atom. The van der Waals surface area contributed by atoms with Gasteiger partial charge in [-0.1, -0.05) is 0 Å². The van der Waals surface area contributed by atoms with E-state index < -0.39 is 5.41 Å². The van der Waals surface area contributed by atoms with Gasteiger partial charge in [0.15, 0.2) is 0 Å². The van der Waals surface area contributed by atoms with Crippen LogP contribution in [0.15, 0.2) is 24.3 Å².